The van der Waals surface area contributed by atoms with Crippen LogP contribution in [0.1, 0.15) is 32.6 Å². The van der Waals surface area contributed by atoms with Gasteiger partial charge < -0.3 is 15.2 Å². The van der Waals surface area contributed by atoms with Crippen molar-refractivity contribution in [1.29, 1.82) is 0 Å². The number of nitrogens with two attached hydrogens (primary N) is 1. The number of hydrogen-bond acceptors (Lipinski definition) is 5. The molecule has 2 aromatic rings. The van der Waals surface area contributed by atoms with Gasteiger partial charge in [-0.2, -0.15) is 4.98 Å². The molecule has 6 heteroatoms. The number of nitrogens with zero attached hydrogens (tertiary/aromatic N) is 3. The summed E-state index contributed by atoms with van der Waals surface area (Å²) < 4.78 is 5.24. The lowest BCUT2D eigenvalue weighted by atomic mass is 9.88. The highest BCUT2D eigenvalue weighted by Gasteiger charge is 2.15. The lowest BCUT2D eigenvalue weighted by Gasteiger charge is -2.18. The van der Waals surface area contributed by atoms with Crippen LogP contribution in [0.15, 0.2) is 16.9 Å². The van der Waals surface area contributed by atoms with Crippen molar-refractivity contribution in [3.63, 3.8) is 0 Å². The third-order valence-corrected chi connectivity index (χ3v) is 3.39. The number of rotatable bonds is 7. The molecule has 0 amide bonds. The summed E-state index contributed by atoms with van der Waals surface area (Å²) in [7, 11) is 0. The molecule has 0 bridgehead atoms. The molecule has 6 nitrogen and oxygen atoms in total. The first-order valence-electron chi connectivity index (χ1n) is 6.73. The minimum Gasteiger partial charge on any atom is -0.342 e. The Labute approximate surface area is 112 Å². The number of aromatic nitrogens is 4. The lowest BCUT2D eigenvalue weighted by molar-refractivity contribution is 0.313. The van der Waals surface area contributed by atoms with Gasteiger partial charge in [0.1, 0.15) is 0 Å². The first kappa shape index (κ1) is 13.7. The average molecular weight is 263 g/mol. The fourth-order valence-electron chi connectivity index (χ4n) is 2.17. The number of hydrogen-bond donors (Lipinski definition) is 2. The van der Waals surface area contributed by atoms with E-state index in [9.17, 15) is 0 Å². The molecule has 0 aliphatic heterocycles. The summed E-state index contributed by atoms with van der Waals surface area (Å²) in [6.45, 7) is 5.18. The van der Waals surface area contributed by atoms with Gasteiger partial charge in [0.05, 0.1) is 0 Å². The zero-order valence-electron chi connectivity index (χ0n) is 11.5. The Morgan fingerprint density at radius 3 is 2.84 bits per heavy atom. The topological polar surface area (TPSA) is 93.6 Å². The lowest BCUT2D eigenvalue weighted by Crippen LogP contribution is -2.15. The van der Waals surface area contributed by atoms with Crippen molar-refractivity contribution in [3.8, 4) is 11.6 Å². The molecule has 0 aromatic carbocycles. The van der Waals surface area contributed by atoms with Crippen LogP contribution in [0.2, 0.25) is 0 Å². The van der Waals surface area contributed by atoms with Crippen LogP contribution in [-0.2, 0) is 6.42 Å². The molecule has 0 aliphatic carbocycles. The van der Waals surface area contributed by atoms with Crippen LogP contribution < -0.4 is 5.73 Å². The molecule has 104 valence electrons. The number of nitrogens with one attached hydrogen (secondary N) is 1. The van der Waals surface area contributed by atoms with Gasteiger partial charge in [0.25, 0.3) is 0 Å². The van der Waals surface area contributed by atoms with E-state index in [0.717, 1.165) is 25.8 Å². The van der Waals surface area contributed by atoms with Crippen LogP contribution in [0, 0.1) is 11.8 Å². The van der Waals surface area contributed by atoms with Crippen LogP contribution in [-0.4, -0.2) is 26.7 Å². The highest BCUT2D eigenvalue weighted by Crippen LogP contribution is 2.21. The van der Waals surface area contributed by atoms with Crippen molar-refractivity contribution in [2.45, 2.75) is 33.1 Å². The molecule has 2 heterocycles. The highest BCUT2D eigenvalue weighted by atomic mass is 16.5. The van der Waals surface area contributed by atoms with Crippen molar-refractivity contribution in [2.75, 3.05) is 6.54 Å². The van der Waals surface area contributed by atoms with Crippen LogP contribution in [0.5, 0.6) is 0 Å². The Balaban J connectivity index is 1.93. The molecule has 0 fully saturated rings. The first-order valence-corrected chi connectivity index (χ1v) is 6.73. The smallest absolute Gasteiger partial charge is 0.238 e. The maximum absolute atomic E-state index is 5.64. The zero-order chi connectivity index (χ0) is 13.7. The van der Waals surface area contributed by atoms with E-state index in [-0.39, 0.29) is 0 Å². The van der Waals surface area contributed by atoms with Gasteiger partial charge in [-0.15, -0.1) is 0 Å². The minimum atomic E-state index is 0.514. The van der Waals surface area contributed by atoms with Gasteiger partial charge in [-0.25, -0.2) is 4.98 Å². The number of aromatic amines is 1. The molecule has 1 atom stereocenters. The molecule has 1 unspecified atom stereocenters. The molecule has 0 spiro atoms. The van der Waals surface area contributed by atoms with Crippen molar-refractivity contribution in [2.24, 2.45) is 17.6 Å². The summed E-state index contributed by atoms with van der Waals surface area (Å²) in [5.41, 5.74) is 5.64. The van der Waals surface area contributed by atoms with Gasteiger partial charge >= 0.3 is 0 Å². The summed E-state index contributed by atoms with van der Waals surface area (Å²) in [5.74, 6) is 3.03. The maximum Gasteiger partial charge on any atom is 0.238 e. The number of imidazole rings is 1. The second kappa shape index (κ2) is 6.47. The van der Waals surface area contributed by atoms with E-state index in [0.29, 0.717) is 29.4 Å². The molecule has 0 aliphatic rings. The summed E-state index contributed by atoms with van der Waals surface area (Å²) in [4.78, 5) is 11.4. The number of H-pyrrole nitrogens is 1. The molecule has 2 rings (SSSR count). The summed E-state index contributed by atoms with van der Waals surface area (Å²) in [6.07, 6.45) is 6.25. The Kier molecular flexibility index (Phi) is 4.68. The van der Waals surface area contributed by atoms with Crippen molar-refractivity contribution in [3.05, 3.63) is 18.3 Å². The van der Waals surface area contributed by atoms with E-state index in [1.54, 1.807) is 12.4 Å². The highest BCUT2D eigenvalue weighted by molar-refractivity contribution is 5.40. The summed E-state index contributed by atoms with van der Waals surface area (Å²) in [6, 6.07) is 0. The molecule has 0 radical (unpaired) electrons. The summed E-state index contributed by atoms with van der Waals surface area (Å²) in [5, 5.41) is 3.92. The standard InChI is InChI=1S/C13H21N5O/c1-9(2)10(5-6-14)3-4-11-17-13(18-19-11)12-15-7-8-16-12/h7-10H,3-6,14H2,1-2H3,(H,15,16). The predicted octanol–water partition coefficient (Wildman–Crippen LogP) is 2.01. The van der Waals surface area contributed by atoms with Crippen LogP contribution >= 0.6 is 0 Å². The van der Waals surface area contributed by atoms with Gasteiger partial charge in [0.2, 0.25) is 11.7 Å². The third-order valence-electron chi connectivity index (χ3n) is 3.39. The Morgan fingerprint density at radius 1 is 1.37 bits per heavy atom. The zero-order valence-corrected chi connectivity index (χ0v) is 11.5. The summed E-state index contributed by atoms with van der Waals surface area (Å²) >= 11 is 0. The van der Waals surface area contributed by atoms with Crippen molar-refractivity contribution in [1.82, 2.24) is 20.1 Å². The Bertz CT molecular complexity index is 477. The maximum atomic E-state index is 5.64. The van der Waals surface area contributed by atoms with E-state index < -0.39 is 0 Å². The predicted molar refractivity (Wildman–Crippen MR) is 72.2 cm³/mol. The quantitative estimate of drug-likeness (QED) is 0.797. The fraction of sp³-hybridized carbons (Fsp3) is 0.615. The normalized spacial score (nSPS) is 13.1. The second-order valence-electron chi connectivity index (χ2n) is 5.07. The fourth-order valence-corrected chi connectivity index (χ4v) is 2.17. The minimum absolute atomic E-state index is 0.514. The van der Waals surface area contributed by atoms with Crippen molar-refractivity contribution >= 4 is 0 Å². The van der Waals surface area contributed by atoms with Crippen molar-refractivity contribution < 1.29 is 4.52 Å². The van der Waals surface area contributed by atoms with Gasteiger partial charge in [0, 0.05) is 18.8 Å². The molecule has 19 heavy (non-hydrogen) atoms. The van der Waals surface area contributed by atoms with Crippen LogP contribution in [0.4, 0.5) is 0 Å². The van der Waals surface area contributed by atoms with Gasteiger partial charge in [-0.05, 0) is 31.2 Å². The van der Waals surface area contributed by atoms with E-state index in [1.807, 2.05) is 0 Å². The van der Waals surface area contributed by atoms with Crippen LogP contribution in [0.25, 0.3) is 11.6 Å². The molecule has 3 N–H and O–H groups in total. The number of aryl methyl sites for hydroxylation is 1. The SMILES string of the molecule is CC(C)C(CCN)CCc1nc(-c2ncc[nH]2)no1. The van der Waals surface area contributed by atoms with Crippen LogP contribution in [0.3, 0.4) is 0 Å². The Hall–Kier alpha value is -1.69. The Morgan fingerprint density at radius 2 is 2.21 bits per heavy atom. The molecule has 0 saturated carbocycles. The first-order chi connectivity index (χ1) is 9.20. The van der Waals surface area contributed by atoms with Gasteiger partial charge in [0.15, 0.2) is 5.82 Å². The second-order valence-corrected chi connectivity index (χ2v) is 5.07. The van der Waals surface area contributed by atoms with E-state index in [1.165, 1.54) is 0 Å². The largest absolute Gasteiger partial charge is 0.342 e. The monoisotopic (exact) mass is 263 g/mol. The third kappa shape index (κ3) is 3.64. The molecular weight excluding hydrogens is 242 g/mol. The van der Waals surface area contributed by atoms with E-state index >= 15 is 0 Å². The van der Waals surface area contributed by atoms with E-state index in [4.69, 9.17) is 10.3 Å². The molecular formula is C13H21N5O. The molecule has 0 saturated heterocycles. The average Bonchev–Trinajstić information content (AvgIpc) is 3.04. The van der Waals surface area contributed by atoms with E-state index in [2.05, 4.69) is 34.0 Å². The molecule has 2 aromatic heterocycles. The van der Waals surface area contributed by atoms with Gasteiger partial charge in [-0.3, -0.25) is 0 Å². The van der Waals surface area contributed by atoms with Gasteiger partial charge in [-0.1, -0.05) is 19.0 Å².